The first-order valence-corrected chi connectivity index (χ1v) is 9.51. The minimum Gasteiger partial charge on any atom is -0.395 e. The third-order valence-electron chi connectivity index (χ3n) is 5.01. The van der Waals surface area contributed by atoms with Crippen LogP contribution in [-0.2, 0) is 0 Å². The van der Waals surface area contributed by atoms with Gasteiger partial charge >= 0.3 is 0 Å². The van der Waals surface area contributed by atoms with Gasteiger partial charge in [0.1, 0.15) is 12.2 Å². The number of hydrogen-bond acceptors (Lipinski definition) is 5. The van der Waals surface area contributed by atoms with Gasteiger partial charge in [0.25, 0.3) is 0 Å². The molecule has 0 aromatic rings. The molecule has 1 heterocycles. The lowest BCUT2D eigenvalue weighted by molar-refractivity contribution is -0.145. The lowest BCUT2D eigenvalue weighted by Gasteiger charge is -2.43. The first-order chi connectivity index (χ1) is 11.1. The molecule has 0 aromatic heterocycles. The quantitative estimate of drug-likeness (QED) is 0.409. The summed E-state index contributed by atoms with van der Waals surface area (Å²) >= 11 is 0. The molecule has 23 heavy (non-hydrogen) atoms. The zero-order valence-corrected chi connectivity index (χ0v) is 14.7. The molecule has 1 fully saturated rings. The zero-order valence-electron chi connectivity index (χ0n) is 14.7. The van der Waals surface area contributed by atoms with Gasteiger partial charge in [0.15, 0.2) is 0 Å². The predicted molar refractivity (Wildman–Crippen MR) is 92.3 cm³/mol. The van der Waals surface area contributed by atoms with E-state index in [1.165, 1.54) is 51.4 Å². The highest BCUT2D eigenvalue weighted by molar-refractivity contribution is 4.93. The third kappa shape index (κ3) is 7.48. The Bertz CT molecular complexity index is 290. The minimum atomic E-state index is -1.16. The van der Waals surface area contributed by atoms with Gasteiger partial charge in [-0.05, 0) is 13.0 Å². The fourth-order valence-electron chi connectivity index (χ4n) is 3.44. The van der Waals surface area contributed by atoms with Crippen molar-refractivity contribution in [3.05, 3.63) is 0 Å². The number of hydrogen-bond donors (Lipinski definition) is 4. The van der Waals surface area contributed by atoms with Gasteiger partial charge in [0.2, 0.25) is 0 Å². The number of rotatable bonds is 12. The molecule has 0 unspecified atom stereocenters. The van der Waals surface area contributed by atoms with Crippen LogP contribution in [0.2, 0.25) is 0 Å². The van der Waals surface area contributed by atoms with Crippen molar-refractivity contribution in [3.63, 3.8) is 0 Å². The molecular weight excluding hydrogens is 294 g/mol. The second-order valence-electron chi connectivity index (χ2n) is 6.98. The van der Waals surface area contributed by atoms with E-state index in [4.69, 9.17) is 0 Å². The number of aliphatic hydroxyl groups excluding tert-OH is 4. The second-order valence-corrected chi connectivity index (χ2v) is 6.98. The highest BCUT2D eigenvalue weighted by Crippen LogP contribution is 2.20. The Balaban J connectivity index is 2.08. The van der Waals surface area contributed by atoms with Crippen molar-refractivity contribution in [2.75, 3.05) is 19.7 Å². The van der Waals surface area contributed by atoms with Crippen LogP contribution in [0.3, 0.4) is 0 Å². The van der Waals surface area contributed by atoms with Crippen molar-refractivity contribution >= 4 is 0 Å². The van der Waals surface area contributed by atoms with Gasteiger partial charge in [-0.15, -0.1) is 0 Å². The number of nitrogens with zero attached hydrogens (tertiary/aromatic N) is 1. The Labute approximate surface area is 141 Å². The monoisotopic (exact) mass is 331 g/mol. The summed E-state index contributed by atoms with van der Waals surface area (Å²) in [4.78, 5) is 1.91. The van der Waals surface area contributed by atoms with Crippen molar-refractivity contribution in [1.82, 2.24) is 4.90 Å². The Kier molecular flexibility index (Phi) is 11.1. The first kappa shape index (κ1) is 20.8. The lowest BCUT2D eigenvalue weighted by atomic mass is 9.94. The van der Waals surface area contributed by atoms with Crippen LogP contribution in [0.1, 0.15) is 71.1 Å². The summed E-state index contributed by atoms with van der Waals surface area (Å²) < 4.78 is 0. The molecule has 0 bridgehead atoms. The highest BCUT2D eigenvalue weighted by Gasteiger charge is 2.40. The predicted octanol–water partition coefficient (Wildman–Crippen LogP) is 1.67. The topological polar surface area (TPSA) is 84.2 Å². The van der Waals surface area contributed by atoms with E-state index in [9.17, 15) is 20.4 Å². The summed E-state index contributed by atoms with van der Waals surface area (Å²) in [5.74, 6) is 0. The van der Waals surface area contributed by atoms with Gasteiger partial charge in [-0.25, -0.2) is 0 Å². The normalized spacial score (nSPS) is 29.1. The first-order valence-electron chi connectivity index (χ1n) is 9.51. The molecule has 0 radical (unpaired) electrons. The van der Waals surface area contributed by atoms with E-state index < -0.39 is 24.4 Å². The van der Waals surface area contributed by atoms with Gasteiger partial charge in [-0.3, -0.25) is 4.90 Å². The number of aliphatic hydroxyl groups is 4. The van der Waals surface area contributed by atoms with Crippen molar-refractivity contribution in [2.24, 2.45) is 0 Å². The molecule has 0 aliphatic carbocycles. The zero-order chi connectivity index (χ0) is 17.1. The standard InChI is InChI=1S/C18H37NO4/c1-2-3-4-5-6-7-8-9-10-11-12-19-13-16(21)18(23)17(22)15(19)14-20/h15-18,20-23H,2-14H2,1H3/t15-,16+,17+,18-/m1/s1. The Morgan fingerprint density at radius 2 is 1.30 bits per heavy atom. The molecule has 0 spiro atoms. The van der Waals surface area contributed by atoms with Gasteiger partial charge in [-0.2, -0.15) is 0 Å². The fraction of sp³-hybridized carbons (Fsp3) is 1.00. The molecule has 1 aliphatic rings. The number of piperidine rings is 1. The van der Waals surface area contributed by atoms with Crippen LogP contribution in [0, 0.1) is 0 Å². The molecule has 0 amide bonds. The van der Waals surface area contributed by atoms with E-state index in [2.05, 4.69) is 6.92 Å². The average molecular weight is 331 g/mol. The smallest absolute Gasteiger partial charge is 0.109 e. The van der Waals surface area contributed by atoms with Gasteiger partial charge in [0.05, 0.1) is 18.8 Å². The maximum atomic E-state index is 9.93. The molecule has 1 aliphatic heterocycles. The molecule has 5 heteroatoms. The Morgan fingerprint density at radius 3 is 1.83 bits per heavy atom. The molecular formula is C18H37NO4. The molecule has 4 N–H and O–H groups in total. The maximum absolute atomic E-state index is 9.93. The fourth-order valence-corrected chi connectivity index (χ4v) is 3.44. The van der Waals surface area contributed by atoms with E-state index in [-0.39, 0.29) is 6.61 Å². The molecule has 138 valence electrons. The van der Waals surface area contributed by atoms with Crippen LogP contribution >= 0.6 is 0 Å². The lowest BCUT2D eigenvalue weighted by Crippen LogP contribution is -2.62. The summed E-state index contributed by atoms with van der Waals surface area (Å²) in [6.45, 7) is 3.12. The summed E-state index contributed by atoms with van der Waals surface area (Å²) in [6, 6.07) is -0.466. The number of likely N-dealkylation sites (tertiary alicyclic amines) is 1. The van der Waals surface area contributed by atoms with Crippen LogP contribution < -0.4 is 0 Å². The van der Waals surface area contributed by atoms with Crippen LogP contribution in [0.15, 0.2) is 0 Å². The van der Waals surface area contributed by atoms with Crippen molar-refractivity contribution in [1.29, 1.82) is 0 Å². The molecule has 1 rings (SSSR count). The van der Waals surface area contributed by atoms with E-state index in [0.29, 0.717) is 6.54 Å². The van der Waals surface area contributed by atoms with Crippen molar-refractivity contribution < 1.29 is 20.4 Å². The van der Waals surface area contributed by atoms with Gasteiger partial charge in [-0.1, -0.05) is 64.7 Å². The van der Waals surface area contributed by atoms with E-state index in [0.717, 1.165) is 19.4 Å². The summed E-state index contributed by atoms with van der Waals surface area (Å²) in [5.41, 5.74) is 0. The molecule has 4 atom stereocenters. The van der Waals surface area contributed by atoms with Crippen LogP contribution in [0.4, 0.5) is 0 Å². The third-order valence-corrected chi connectivity index (χ3v) is 5.01. The second kappa shape index (κ2) is 12.2. The van der Waals surface area contributed by atoms with E-state index >= 15 is 0 Å². The Hall–Kier alpha value is -0.200. The number of unbranched alkanes of at least 4 members (excludes halogenated alkanes) is 9. The molecule has 5 nitrogen and oxygen atoms in total. The minimum absolute atomic E-state index is 0.192. The Morgan fingerprint density at radius 1 is 0.783 bits per heavy atom. The maximum Gasteiger partial charge on any atom is 0.109 e. The average Bonchev–Trinajstić information content (AvgIpc) is 2.54. The van der Waals surface area contributed by atoms with Gasteiger partial charge < -0.3 is 20.4 Å². The van der Waals surface area contributed by atoms with Crippen molar-refractivity contribution in [3.8, 4) is 0 Å². The van der Waals surface area contributed by atoms with Gasteiger partial charge in [0, 0.05) is 6.54 Å². The molecule has 0 saturated carbocycles. The summed E-state index contributed by atoms with van der Waals surface area (Å²) in [5, 5.41) is 38.8. The van der Waals surface area contributed by atoms with Crippen LogP contribution in [-0.4, -0.2) is 69.4 Å². The highest BCUT2D eigenvalue weighted by atomic mass is 16.4. The molecule has 1 saturated heterocycles. The summed E-state index contributed by atoms with van der Waals surface area (Å²) in [6.07, 6.45) is 9.51. The number of β-amino-alcohol motifs (C(OH)–C–C–N with tert-alkyl or cyclic N) is 1. The largest absolute Gasteiger partial charge is 0.395 e. The van der Waals surface area contributed by atoms with Crippen molar-refractivity contribution in [2.45, 2.75) is 95.5 Å². The SMILES string of the molecule is CCCCCCCCCCCCN1C[C@H](O)[C@@H](O)[C@@H](O)[C@H]1CO. The molecule has 0 aromatic carbocycles. The van der Waals surface area contributed by atoms with Crippen LogP contribution in [0.5, 0.6) is 0 Å². The van der Waals surface area contributed by atoms with E-state index in [1.807, 2.05) is 4.90 Å². The van der Waals surface area contributed by atoms with E-state index in [1.54, 1.807) is 0 Å². The summed E-state index contributed by atoms with van der Waals surface area (Å²) in [7, 11) is 0. The van der Waals surface area contributed by atoms with Crippen LogP contribution in [0.25, 0.3) is 0 Å².